The molecule has 0 unspecified atom stereocenters. The van der Waals surface area contributed by atoms with Crippen LogP contribution in [0.3, 0.4) is 0 Å². The molecular weight excluding hydrogens is 444 g/mol. The second kappa shape index (κ2) is 7.91. The third kappa shape index (κ3) is 3.73. The number of benzene rings is 1. The van der Waals surface area contributed by atoms with Crippen LogP contribution in [0.15, 0.2) is 24.3 Å². The molecule has 6 rings (SSSR count). The van der Waals surface area contributed by atoms with Crippen LogP contribution in [0.25, 0.3) is 0 Å². The fraction of sp³-hybridized carbons (Fsp3) is 0.750. The number of methoxy groups -OCH3 is 1. The van der Waals surface area contributed by atoms with E-state index in [9.17, 15) is 5.11 Å². The number of hydrogen-bond donors (Lipinski definition) is 1. The first-order valence-electron chi connectivity index (χ1n) is 11.8. The molecule has 1 spiro atoms. The van der Waals surface area contributed by atoms with Crippen molar-refractivity contribution in [2.24, 2.45) is 0 Å². The largest absolute Gasteiger partial charge is 0.497 e. The monoisotopic (exact) mass is 480 g/mol. The van der Waals surface area contributed by atoms with Gasteiger partial charge < -0.3 is 38.0 Å². The van der Waals surface area contributed by atoms with Gasteiger partial charge in [0, 0.05) is 6.61 Å². The van der Waals surface area contributed by atoms with E-state index in [4.69, 9.17) is 32.8 Å². The molecule has 33 heavy (non-hydrogen) atoms. The van der Waals surface area contributed by atoms with Crippen LogP contribution in [0.4, 0.5) is 0 Å². The molecule has 5 aliphatic rings. The standard InChI is InChI=1S/C24H36O8Si/c1-22(2,3)33(5,6)32-19-18-17(25)20-23(12-7-13-28-23)21(19)31-24(29-18,30-20)14-27-16-10-8-15(26-4)9-11-16/h8-11,17-21,25H,7,12-14H2,1-6H3/t17-,18-,19-,20+,21-,23-,24+/m0/s1. The molecule has 5 fully saturated rings. The molecule has 0 amide bonds. The summed E-state index contributed by atoms with van der Waals surface area (Å²) < 4.78 is 43.3. The average molecular weight is 481 g/mol. The Labute approximate surface area is 196 Å². The van der Waals surface area contributed by atoms with Crippen molar-refractivity contribution in [1.82, 2.24) is 0 Å². The Morgan fingerprint density at radius 2 is 1.73 bits per heavy atom. The van der Waals surface area contributed by atoms with E-state index >= 15 is 0 Å². The Morgan fingerprint density at radius 3 is 2.33 bits per heavy atom. The minimum Gasteiger partial charge on any atom is -0.497 e. The number of rotatable bonds is 6. The van der Waals surface area contributed by atoms with E-state index in [2.05, 4.69) is 33.9 Å². The molecule has 4 saturated heterocycles. The second-order valence-electron chi connectivity index (χ2n) is 11.0. The van der Waals surface area contributed by atoms with Gasteiger partial charge in [-0.05, 0) is 55.2 Å². The summed E-state index contributed by atoms with van der Waals surface area (Å²) in [7, 11) is -0.557. The summed E-state index contributed by atoms with van der Waals surface area (Å²) >= 11 is 0. The maximum Gasteiger partial charge on any atom is 0.320 e. The van der Waals surface area contributed by atoms with E-state index in [1.807, 2.05) is 24.3 Å². The first-order valence-corrected chi connectivity index (χ1v) is 14.7. The normalized spacial score (nSPS) is 39.9. The van der Waals surface area contributed by atoms with Gasteiger partial charge in [0.1, 0.15) is 47.6 Å². The highest BCUT2D eigenvalue weighted by Gasteiger charge is 2.75. The minimum absolute atomic E-state index is 0.00196. The molecule has 1 aromatic rings. The van der Waals surface area contributed by atoms with Gasteiger partial charge in [-0.25, -0.2) is 0 Å². The lowest BCUT2D eigenvalue weighted by atomic mass is 9.71. The van der Waals surface area contributed by atoms with Gasteiger partial charge in [-0.3, -0.25) is 0 Å². The van der Waals surface area contributed by atoms with Crippen LogP contribution in [0.5, 0.6) is 11.5 Å². The molecule has 1 aromatic carbocycles. The zero-order chi connectivity index (χ0) is 23.6. The second-order valence-corrected chi connectivity index (χ2v) is 15.8. The van der Waals surface area contributed by atoms with Gasteiger partial charge in [-0.15, -0.1) is 0 Å². The molecule has 4 heterocycles. The predicted octanol–water partition coefficient (Wildman–Crippen LogP) is 3.22. The van der Waals surface area contributed by atoms with Crippen LogP contribution in [0.2, 0.25) is 18.1 Å². The Hall–Kier alpha value is -1.20. The summed E-state index contributed by atoms with van der Waals surface area (Å²) in [5.74, 6) is -0.0253. The maximum atomic E-state index is 11.3. The first kappa shape index (κ1) is 23.5. The summed E-state index contributed by atoms with van der Waals surface area (Å²) in [6.07, 6.45) is -1.21. The number of hydrogen-bond acceptors (Lipinski definition) is 8. The number of aliphatic hydroxyl groups excluding tert-OH is 1. The van der Waals surface area contributed by atoms with Crippen molar-refractivity contribution in [2.75, 3.05) is 20.3 Å². The van der Waals surface area contributed by atoms with Gasteiger partial charge in [0.25, 0.3) is 0 Å². The quantitative estimate of drug-likeness (QED) is 0.622. The zero-order valence-electron chi connectivity index (χ0n) is 20.3. The van der Waals surface area contributed by atoms with Crippen LogP contribution in [0, 0.1) is 0 Å². The van der Waals surface area contributed by atoms with E-state index in [0.717, 1.165) is 18.6 Å². The van der Waals surface area contributed by atoms with Crippen molar-refractivity contribution in [3.05, 3.63) is 24.3 Å². The van der Waals surface area contributed by atoms with Gasteiger partial charge in [-0.1, -0.05) is 20.8 Å². The third-order valence-electron chi connectivity index (χ3n) is 7.96. The molecule has 0 aromatic heterocycles. The molecule has 1 aliphatic carbocycles. The van der Waals surface area contributed by atoms with Crippen molar-refractivity contribution >= 4 is 8.32 Å². The molecule has 1 N–H and O–H groups in total. The molecule has 4 aliphatic heterocycles. The van der Waals surface area contributed by atoms with E-state index in [1.54, 1.807) is 7.11 Å². The van der Waals surface area contributed by atoms with E-state index < -0.39 is 50.4 Å². The SMILES string of the molecule is COc1ccc(OC[C@@]23O[C@H]4[C@H](O)[C@@H](O2)[C@@]2(CCCO2)[C@@H](O3)[C@H]4O[Si](C)(C)C(C)(C)C)cc1. The summed E-state index contributed by atoms with van der Waals surface area (Å²) in [6.45, 7) is 11.6. The van der Waals surface area contributed by atoms with E-state index in [0.29, 0.717) is 12.4 Å². The van der Waals surface area contributed by atoms with Crippen LogP contribution in [-0.4, -0.2) is 75.8 Å². The Balaban J connectivity index is 1.41. The number of aliphatic hydroxyl groups is 1. The maximum absolute atomic E-state index is 11.3. The molecule has 0 radical (unpaired) electrons. The fourth-order valence-electron chi connectivity index (χ4n) is 5.14. The van der Waals surface area contributed by atoms with Gasteiger partial charge in [-0.2, -0.15) is 0 Å². The minimum atomic E-state index is -2.18. The van der Waals surface area contributed by atoms with Gasteiger partial charge in [0.2, 0.25) is 0 Å². The molecule has 1 saturated carbocycles. The van der Waals surface area contributed by atoms with Crippen molar-refractivity contribution < 1.29 is 38.0 Å². The third-order valence-corrected chi connectivity index (χ3v) is 12.4. The smallest absolute Gasteiger partial charge is 0.320 e. The molecule has 9 heteroatoms. The van der Waals surface area contributed by atoms with E-state index in [-0.39, 0.29) is 11.6 Å². The summed E-state index contributed by atoms with van der Waals surface area (Å²) in [5, 5.41) is 11.3. The van der Waals surface area contributed by atoms with Crippen molar-refractivity contribution in [3.63, 3.8) is 0 Å². The lowest BCUT2D eigenvalue weighted by Crippen LogP contribution is -2.84. The van der Waals surface area contributed by atoms with Gasteiger partial charge in [0.15, 0.2) is 14.9 Å². The van der Waals surface area contributed by atoms with Crippen molar-refractivity contribution in [3.8, 4) is 11.5 Å². The van der Waals surface area contributed by atoms with Crippen LogP contribution >= 0.6 is 0 Å². The molecule has 8 nitrogen and oxygen atoms in total. The van der Waals surface area contributed by atoms with Crippen molar-refractivity contribution in [1.29, 1.82) is 0 Å². The van der Waals surface area contributed by atoms with Gasteiger partial charge >= 0.3 is 5.97 Å². The fourth-order valence-corrected chi connectivity index (χ4v) is 6.43. The predicted molar refractivity (Wildman–Crippen MR) is 122 cm³/mol. The molecule has 7 atom stereocenters. The van der Waals surface area contributed by atoms with Crippen molar-refractivity contribution in [2.45, 2.75) is 93.8 Å². The highest BCUT2D eigenvalue weighted by molar-refractivity contribution is 6.74. The molecule has 184 valence electrons. The Bertz CT molecular complexity index is 862. The first-order chi connectivity index (χ1) is 15.5. The lowest BCUT2D eigenvalue weighted by Gasteiger charge is -2.66. The average Bonchev–Trinajstić information content (AvgIpc) is 3.25. The topological polar surface area (TPSA) is 84.8 Å². The summed E-state index contributed by atoms with van der Waals surface area (Å²) in [4.78, 5) is 0. The van der Waals surface area contributed by atoms with Crippen LogP contribution in [-0.2, 0) is 23.4 Å². The highest BCUT2D eigenvalue weighted by atomic mass is 28.4. The van der Waals surface area contributed by atoms with Crippen LogP contribution < -0.4 is 9.47 Å². The van der Waals surface area contributed by atoms with E-state index in [1.165, 1.54) is 0 Å². The number of ether oxygens (including phenoxy) is 6. The summed E-state index contributed by atoms with van der Waals surface area (Å²) in [6, 6.07) is 7.29. The molecule has 4 bridgehead atoms. The zero-order valence-corrected chi connectivity index (χ0v) is 21.3. The Kier molecular flexibility index (Phi) is 5.64. The van der Waals surface area contributed by atoms with Gasteiger partial charge in [0.05, 0.1) is 7.11 Å². The Morgan fingerprint density at radius 1 is 1.06 bits per heavy atom. The molecular formula is C24H36O8Si. The lowest BCUT2D eigenvalue weighted by molar-refractivity contribution is -0.553. The van der Waals surface area contributed by atoms with Crippen LogP contribution in [0.1, 0.15) is 33.6 Å². The summed E-state index contributed by atoms with van der Waals surface area (Å²) in [5.41, 5.74) is -0.740. The highest BCUT2D eigenvalue weighted by Crippen LogP contribution is 2.56.